The SMILES string of the molecule is CC(C)(C)P(=O)(O)CO[C@H](CO)Cn1cnc2c(N)ncnc21. The fraction of sp³-hybridized carbons (Fsp3) is 0.615. The van der Waals surface area contributed by atoms with Gasteiger partial charge in [0.15, 0.2) is 11.5 Å². The Labute approximate surface area is 134 Å². The lowest BCUT2D eigenvalue weighted by atomic mass is 10.3. The van der Waals surface area contributed by atoms with Gasteiger partial charge in [0, 0.05) is 5.16 Å². The Balaban J connectivity index is 2.10. The number of anilines is 1. The van der Waals surface area contributed by atoms with E-state index in [0.29, 0.717) is 11.2 Å². The van der Waals surface area contributed by atoms with Crippen LogP contribution in [-0.4, -0.2) is 53.7 Å². The molecule has 0 radical (unpaired) electrons. The molecular weight excluding hydrogens is 321 g/mol. The molecule has 0 bridgehead atoms. The van der Waals surface area contributed by atoms with Gasteiger partial charge in [-0.15, -0.1) is 0 Å². The molecule has 128 valence electrons. The molecule has 0 saturated carbocycles. The highest BCUT2D eigenvalue weighted by Gasteiger charge is 2.35. The summed E-state index contributed by atoms with van der Waals surface area (Å²) in [6.45, 7) is 4.95. The Morgan fingerprint density at radius 3 is 2.70 bits per heavy atom. The summed E-state index contributed by atoms with van der Waals surface area (Å²) in [6.07, 6.45) is 1.85. The fourth-order valence-electron chi connectivity index (χ4n) is 1.81. The number of aliphatic hydroxyl groups excluding tert-OH is 1. The van der Waals surface area contributed by atoms with Crippen LogP contribution in [0.1, 0.15) is 20.8 Å². The average Bonchev–Trinajstić information content (AvgIpc) is 2.86. The summed E-state index contributed by atoms with van der Waals surface area (Å²) >= 11 is 0. The number of hydrogen-bond donors (Lipinski definition) is 3. The molecule has 0 saturated heterocycles. The summed E-state index contributed by atoms with van der Waals surface area (Å²) in [5, 5.41) is 8.68. The van der Waals surface area contributed by atoms with Crippen molar-refractivity contribution < 1.29 is 19.3 Å². The Kier molecular flexibility index (Phi) is 5.05. The van der Waals surface area contributed by atoms with Gasteiger partial charge in [0.05, 0.1) is 25.6 Å². The molecule has 1 unspecified atom stereocenters. The predicted molar refractivity (Wildman–Crippen MR) is 86.1 cm³/mol. The minimum atomic E-state index is -3.49. The zero-order chi connectivity index (χ0) is 17.3. The number of imidazole rings is 1. The monoisotopic (exact) mass is 343 g/mol. The Morgan fingerprint density at radius 2 is 2.09 bits per heavy atom. The van der Waals surface area contributed by atoms with Crippen molar-refractivity contribution in [3.63, 3.8) is 0 Å². The highest BCUT2D eigenvalue weighted by Crippen LogP contribution is 2.53. The van der Waals surface area contributed by atoms with Crippen molar-refractivity contribution in [2.45, 2.75) is 38.6 Å². The van der Waals surface area contributed by atoms with Crippen molar-refractivity contribution in [2.24, 2.45) is 0 Å². The minimum absolute atomic E-state index is 0.230. The van der Waals surface area contributed by atoms with Crippen molar-refractivity contribution in [1.82, 2.24) is 19.5 Å². The van der Waals surface area contributed by atoms with E-state index in [4.69, 9.17) is 10.5 Å². The van der Waals surface area contributed by atoms with Crippen LogP contribution in [0, 0.1) is 0 Å². The van der Waals surface area contributed by atoms with Gasteiger partial charge in [0.2, 0.25) is 7.37 Å². The standard InChI is InChI=1S/C13H22N5O4P/c1-13(2,3)23(20,21)8-22-9(5-19)4-18-7-17-10-11(14)15-6-16-12(10)18/h6-7,9,19H,4-5,8H2,1-3H3,(H,20,21)(H2,14,15,16)/t9-/m0/s1. The van der Waals surface area contributed by atoms with E-state index >= 15 is 0 Å². The van der Waals surface area contributed by atoms with Crippen molar-refractivity contribution in [2.75, 3.05) is 18.7 Å². The van der Waals surface area contributed by atoms with Crippen LogP contribution in [0.4, 0.5) is 5.82 Å². The van der Waals surface area contributed by atoms with Gasteiger partial charge in [-0.3, -0.25) is 4.57 Å². The molecule has 0 aromatic carbocycles. The number of nitrogens with zero attached hydrogens (tertiary/aromatic N) is 4. The third-order valence-corrected chi connectivity index (χ3v) is 6.16. The molecule has 9 nitrogen and oxygen atoms in total. The van der Waals surface area contributed by atoms with Gasteiger partial charge in [-0.25, -0.2) is 15.0 Å². The molecule has 0 amide bonds. The summed E-state index contributed by atoms with van der Waals surface area (Å²) < 4.78 is 19.3. The Bertz CT molecular complexity index is 727. The van der Waals surface area contributed by atoms with E-state index in [9.17, 15) is 14.6 Å². The van der Waals surface area contributed by atoms with Crippen molar-refractivity contribution in [1.29, 1.82) is 0 Å². The molecule has 2 atom stereocenters. The smallest absolute Gasteiger partial charge is 0.230 e. The third kappa shape index (κ3) is 3.87. The van der Waals surface area contributed by atoms with E-state index in [0.717, 1.165) is 0 Å². The molecule has 2 heterocycles. The fourth-order valence-corrected chi connectivity index (χ4v) is 2.62. The van der Waals surface area contributed by atoms with Crippen molar-refractivity contribution in [3.8, 4) is 0 Å². The van der Waals surface area contributed by atoms with Crippen LogP contribution in [0.3, 0.4) is 0 Å². The largest absolute Gasteiger partial charge is 0.394 e. The lowest BCUT2D eigenvalue weighted by Crippen LogP contribution is -2.27. The minimum Gasteiger partial charge on any atom is -0.394 e. The first-order chi connectivity index (χ1) is 10.7. The maximum atomic E-state index is 12.2. The number of nitrogen functional groups attached to an aromatic ring is 1. The molecule has 2 rings (SSSR count). The molecule has 0 aliphatic heterocycles. The molecule has 4 N–H and O–H groups in total. The first-order valence-electron chi connectivity index (χ1n) is 7.11. The quantitative estimate of drug-likeness (QED) is 0.656. The van der Waals surface area contributed by atoms with Crippen LogP contribution in [0.15, 0.2) is 12.7 Å². The van der Waals surface area contributed by atoms with Gasteiger partial charge < -0.3 is 25.0 Å². The predicted octanol–water partition coefficient (Wildman–Crippen LogP) is 0.812. The number of nitrogens with two attached hydrogens (primary N) is 1. The van der Waals surface area contributed by atoms with Crippen molar-refractivity contribution >= 4 is 24.4 Å². The topological polar surface area (TPSA) is 136 Å². The third-order valence-electron chi connectivity index (χ3n) is 3.57. The molecule has 23 heavy (non-hydrogen) atoms. The Morgan fingerprint density at radius 1 is 1.39 bits per heavy atom. The summed E-state index contributed by atoms with van der Waals surface area (Å²) in [7, 11) is -3.49. The highest BCUT2D eigenvalue weighted by molar-refractivity contribution is 7.59. The van der Waals surface area contributed by atoms with Gasteiger partial charge in [-0.2, -0.15) is 0 Å². The zero-order valence-electron chi connectivity index (χ0n) is 13.4. The van der Waals surface area contributed by atoms with Gasteiger partial charge in [0.25, 0.3) is 0 Å². The molecule has 10 heteroatoms. The van der Waals surface area contributed by atoms with E-state index in [1.165, 1.54) is 12.7 Å². The lowest BCUT2D eigenvalue weighted by Gasteiger charge is -2.27. The van der Waals surface area contributed by atoms with Gasteiger partial charge >= 0.3 is 0 Å². The van der Waals surface area contributed by atoms with Crippen molar-refractivity contribution in [3.05, 3.63) is 12.7 Å². The van der Waals surface area contributed by atoms with Gasteiger partial charge in [0.1, 0.15) is 18.2 Å². The molecule has 2 aromatic rings. The number of ether oxygens (including phenoxy) is 1. The Hall–Kier alpha value is -1.54. The van der Waals surface area contributed by atoms with E-state index < -0.39 is 18.6 Å². The molecule has 0 spiro atoms. The number of hydrogen-bond acceptors (Lipinski definition) is 7. The first-order valence-corrected chi connectivity index (χ1v) is 8.96. The second-order valence-electron chi connectivity index (χ2n) is 6.30. The second kappa shape index (κ2) is 6.52. The highest BCUT2D eigenvalue weighted by atomic mass is 31.2. The summed E-state index contributed by atoms with van der Waals surface area (Å²) in [4.78, 5) is 22.1. The summed E-state index contributed by atoms with van der Waals surface area (Å²) in [6, 6.07) is 0. The van der Waals surface area contributed by atoms with E-state index in [1.54, 1.807) is 25.3 Å². The average molecular weight is 343 g/mol. The molecule has 0 aliphatic carbocycles. The number of aromatic nitrogens is 4. The summed E-state index contributed by atoms with van der Waals surface area (Å²) in [5.74, 6) is 0.266. The maximum Gasteiger partial charge on any atom is 0.230 e. The number of aliphatic hydroxyl groups is 1. The van der Waals surface area contributed by atoms with E-state index in [1.807, 2.05) is 0 Å². The second-order valence-corrected chi connectivity index (χ2v) is 9.30. The summed E-state index contributed by atoms with van der Waals surface area (Å²) in [5.41, 5.74) is 6.70. The van der Waals surface area contributed by atoms with Crippen LogP contribution in [0.25, 0.3) is 11.2 Å². The number of fused-ring (bicyclic) bond motifs is 1. The van der Waals surface area contributed by atoms with E-state index in [2.05, 4.69) is 15.0 Å². The molecular formula is C13H22N5O4P. The van der Waals surface area contributed by atoms with Gasteiger partial charge in [-0.1, -0.05) is 20.8 Å². The normalized spacial score (nSPS) is 16.4. The van der Waals surface area contributed by atoms with Crippen LogP contribution in [0.2, 0.25) is 0 Å². The molecule has 2 aromatic heterocycles. The maximum absolute atomic E-state index is 12.2. The lowest BCUT2D eigenvalue weighted by molar-refractivity contribution is 0.0228. The van der Waals surface area contributed by atoms with E-state index in [-0.39, 0.29) is 25.3 Å². The van der Waals surface area contributed by atoms with Crippen LogP contribution in [-0.2, 0) is 15.8 Å². The van der Waals surface area contributed by atoms with Gasteiger partial charge in [-0.05, 0) is 0 Å². The number of rotatable bonds is 6. The van der Waals surface area contributed by atoms with Crippen LogP contribution >= 0.6 is 7.37 Å². The molecule has 0 fully saturated rings. The van der Waals surface area contributed by atoms with Crippen LogP contribution < -0.4 is 5.73 Å². The molecule has 0 aliphatic rings. The first kappa shape index (κ1) is 17.8. The zero-order valence-corrected chi connectivity index (χ0v) is 14.3. The van der Waals surface area contributed by atoms with Crippen LogP contribution in [0.5, 0.6) is 0 Å².